The molecule has 0 saturated carbocycles. The lowest BCUT2D eigenvalue weighted by Gasteiger charge is -2.36. The zero-order chi connectivity index (χ0) is 19.8. The van der Waals surface area contributed by atoms with Crippen molar-refractivity contribution < 1.29 is 19.7 Å². The van der Waals surface area contributed by atoms with Gasteiger partial charge in [-0.15, -0.1) is 5.10 Å². The number of hydrogen-bond acceptors (Lipinski definition) is 8. The molecule has 8 nitrogen and oxygen atoms in total. The third-order valence-corrected chi connectivity index (χ3v) is 6.21. The largest absolute Gasteiger partial charge is 0.493 e. The number of rotatable bonds is 5. The first-order valence-electron chi connectivity index (χ1n) is 9.21. The van der Waals surface area contributed by atoms with Gasteiger partial charge in [0, 0.05) is 13.1 Å². The van der Waals surface area contributed by atoms with Crippen LogP contribution in [0.2, 0.25) is 0 Å². The number of piperidine rings is 1. The Morgan fingerprint density at radius 3 is 2.54 bits per heavy atom. The van der Waals surface area contributed by atoms with E-state index in [0.29, 0.717) is 35.1 Å². The lowest BCUT2D eigenvalue weighted by atomic mass is 9.99. The number of nitrogens with zero attached hydrogens (tertiary/aromatic N) is 4. The summed E-state index contributed by atoms with van der Waals surface area (Å²) < 4.78 is 12.3. The smallest absolute Gasteiger partial charge is 0.230 e. The fourth-order valence-electron chi connectivity index (χ4n) is 3.72. The van der Waals surface area contributed by atoms with Gasteiger partial charge in [-0.05, 0) is 37.5 Å². The molecule has 1 saturated heterocycles. The highest BCUT2D eigenvalue weighted by Crippen LogP contribution is 2.42. The molecule has 1 fully saturated rings. The zero-order valence-corrected chi connectivity index (χ0v) is 16.9. The first-order valence-corrected chi connectivity index (χ1v) is 10.0. The van der Waals surface area contributed by atoms with Crippen LogP contribution in [0.4, 0.5) is 0 Å². The number of ether oxygens (including phenoxy) is 2. The highest BCUT2D eigenvalue weighted by atomic mass is 32.1. The zero-order valence-electron chi connectivity index (χ0n) is 16.1. The Kier molecular flexibility index (Phi) is 5.13. The van der Waals surface area contributed by atoms with E-state index < -0.39 is 0 Å². The Balaban J connectivity index is 1.81. The molecule has 0 aliphatic carbocycles. The van der Waals surface area contributed by atoms with E-state index in [4.69, 9.17) is 9.47 Å². The summed E-state index contributed by atoms with van der Waals surface area (Å²) >= 11 is 1.43. The number of aromatic nitrogens is 3. The number of aryl methyl sites for hydroxylation is 1. The van der Waals surface area contributed by atoms with Crippen LogP contribution in [0, 0.1) is 6.92 Å². The summed E-state index contributed by atoms with van der Waals surface area (Å²) in [6.07, 6.45) is 1.12. The Labute approximate surface area is 167 Å². The topological polar surface area (TPSA) is 92.4 Å². The number of aromatic hydroxyl groups is 1. The molecule has 0 radical (unpaired) electrons. The normalized spacial score (nSPS) is 17.1. The highest BCUT2D eigenvalue weighted by molar-refractivity contribution is 7.17. The number of methoxy groups -OCH3 is 2. The van der Waals surface area contributed by atoms with Crippen molar-refractivity contribution in [3.05, 3.63) is 34.5 Å². The van der Waals surface area contributed by atoms with Gasteiger partial charge in [-0.3, -0.25) is 4.90 Å². The molecule has 2 aromatic heterocycles. The fraction of sp³-hybridized carbons (Fsp3) is 0.474. The van der Waals surface area contributed by atoms with Crippen molar-refractivity contribution in [2.24, 2.45) is 0 Å². The third kappa shape index (κ3) is 3.30. The molecule has 1 atom stereocenters. The Morgan fingerprint density at radius 1 is 1.18 bits per heavy atom. The Hall–Kier alpha value is -2.36. The number of aliphatic hydroxyl groups excluding tert-OH is 1. The predicted molar refractivity (Wildman–Crippen MR) is 105 cm³/mol. The number of likely N-dealkylation sites (tertiary alicyclic amines) is 1. The van der Waals surface area contributed by atoms with Crippen LogP contribution in [-0.2, 0) is 0 Å². The minimum absolute atomic E-state index is 0.103. The summed E-state index contributed by atoms with van der Waals surface area (Å²) in [5, 5.41) is 25.1. The summed E-state index contributed by atoms with van der Waals surface area (Å²) in [4.78, 5) is 8.10. The van der Waals surface area contributed by atoms with Crippen molar-refractivity contribution in [3.63, 3.8) is 0 Å². The molecule has 3 aromatic rings. The van der Waals surface area contributed by atoms with Crippen LogP contribution in [0.25, 0.3) is 4.96 Å². The molecular weight excluding hydrogens is 380 g/mol. The minimum Gasteiger partial charge on any atom is -0.493 e. The molecule has 0 unspecified atom stereocenters. The molecule has 2 N–H and O–H groups in total. The van der Waals surface area contributed by atoms with Crippen molar-refractivity contribution in [2.45, 2.75) is 31.9 Å². The standard InChI is InChI=1S/C19H24N4O4S/c1-11-20-19-23(21-11)18(25)17(28-19)16(22-8-6-13(24)7-9-22)12-4-5-14(26-2)15(10-12)27-3/h4-5,10,13,16,24-25H,6-9H2,1-3H3/t16-/m0/s1. The van der Waals surface area contributed by atoms with Gasteiger partial charge in [0.05, 0.1) is 31.2 Å². The van der Waals surface area contributed by atoms with Crippen molar-refractivity contribution in [1.82, 2.24) is 19.5 Å². The van der Waals surface area contributed by atoms with Gasteiger partial charge >= 0.3 is 0 Å². The average Bonchev–Trinajstić information content (AvgIpc) is 3.21. The van der Waals surface area contributed by atoms with Crippen LogP contribution in [0.1, 0.15) is 35.1 Å². The Morgan fingerprint density at radius 2 is 1.89 bits per heavy atom. The molecule has 150 valence electrons. The number of hydrogen-bond donors (Lipinski definition) is 2. The van der Waals surface area contributed by atoms with Gasteiger partial charge in [0.25, 0.3) is 0 Å². The molecule has 0 amide bonds. The molecule has 1 aliphatic rings. The molecule has 9 heteroatoms. The SMILES string of the molecule is COc1ccc([C@@H](c2sc3nc(C)nn3c2O)N2CCC(O)CC2)cc1OC. The van der Waals surface area contributed by atoms with Gasteiger partial charge in [-0.25, -0.2) is 4.98 Å². The summed E-state index contributed by atoms with van der Waals surface area (Å²) in [7, 11) is 3.21. The molecule has 1 aromatic carbocycles. The lowest BCUT2D eigenvalue weighted by Crippen LogP contribution is -2.38. The van der Waals surface area contributed by atoms with E-state index in [1.54, 1.807) is 21.1 Å². The van der Waals surface area contributed by atoms with E-state index in [2.05, 4.69) is 15.0 Å². The second-order valence-electron chi connectivity index (χ2n) is 6.93. The van der Waals surface area contributed by atoms with Crippen LogP contribution >= 0.6 is 11.3 Å². The van der Waals surface area contributed by atoms with E-state index >= 15 is 0 Å². The molecule has 0 spiro atoms. The summed E-state index contributed by atoms with van der Waals surface area (Å²) in [6.45, 7) is 3.26. The van der Waals surface area contributed by atoms with Gasteiger partial charge < -0.3 is 19.7 Å². The second kappa shape index (κ2) is 7.57. The van der Waals surface area contributed by atoms with E-state index in [9.17, 15) is 10.2 Å². The highest BCUT2D eigenvalue weighted by Gasteiger charge is 2.32. The van der Waals surface area contributed by atoms with Crippen molar-refractivity contribution in [1.29, 1.82) is 0 Å². The van der Waals surface area contributed by atoms with Crippen molar-refractivity contribution >= 4 is 16.3 Å². The van der Waals surface area contributed by atoms with Gasteiger partial charge in [0.15, 0.2) is 11.5 Å². The molecule has 1 aliphatic heterocycles. The first-order chi connectivity index (χ1) is 13.5. The van der Waals surface area contributed by atoms with E-state index in [0.717, 1.165) is 23.5 Å². The molecule has 4 rings (SSSR count). The summed E-state index contributed by atoms with van der Waals surface area (Å²) in [6, 6.07) is 5.60. The van der Waals surface area contributed by atoms with Crippen molar-refractivity contribution in [3.8, 4) is 17.4 Å². The monoisotopic (exact) mass is 404 g/mol. The number of benzene rings is 1. The van der Waals surface area contributed by atoms with E-state index in [-0.39, 0.29) is 18.0 Å². The van der Waals surface area contributed by atoms with Gasteiger partial charge in [-0.2, -0.15) is 4.52 Å². The first kappa shape index (κ1) is 19.0. The van der Waals surface area contributed by atoms with Crippen LogP contribution in [-0.4, -0.2) is 63.1 Å². The van der Waals surface area contributed by atoms with E-state index in [1.165, 1.54) is 15.9 Å². The van der Waals surface area contributed by atoms with Crippen molar-refractivity contribution in [2.75, 3.05) is 27.3 Å². The lowest BCUT2D eigenvalue weighted by molar-refractivity contribution is 0.0689. The van der Waals surface area contributed by atoms with E-state index in [1.807, 2.05) is 18.2 Å². The molecule has 28 heavy (non-hydrogen) atoms. The average molecular weight is 404 g/mol. The Bertz CT molecular complexity index is 978. The van der Waals surface area contributed by atoms with Gasteiger partial charge in [-0.1, -0.05) is 17.4 Å². The fourth-order valence-corrected chi connectivity index (χ4v) is 4.88. The summed E-state index contributed by atoms with van der Waals surface area (Å²) in [5.74, 6) is 2.02. The summed E-state index contributed by atoms with van der Waals surface area (Å²) in [5.41, 5.74) is 0.977. The maximum Gasteiger partial charge on any atom is 0.230 e. The van der Waals surface area contributed by atoms with Crippen LogP contribution in [0.5, 0.6) is 17.4 Å². The van der Waals surface area contributed by atoms with Gasteiger partial charge in [0.2, 0.25) is 10.8 Å². The quantitative estimate of drug-likeness (QED) is 0.674. The molecule has 0 bridgehead atoms. The maximum absolute atomic E-state index is 10.9. The van der Waals surface area contributed by atoms with Gasteiger partial charge in [0.1, 0.15) is 5.82 Å². The van der Waals surface area contributed by atoms with Crippen LogP contribution < -0.4 is 9.47 Å². The molecule has 3 heterocycles. The maximum atomic E-state index is 10.9. The number of fused-ring (bicyclic) bond motifs is 1. The predicted octanol–water partition coefficient (Wildman–Crippen LogP) is 2.37. The second-order valence-corrected chi connectivity index (χ2v) is 7.94. The molecular formula is C19H24N4O4S. The third-order valence-electron chi connectivity index (χ3n) is 5.14. The minimum atomic E-state index is -0.277. The number of aliphatic hydroxyl groups is 1. The van der Waals surface area contributed by atoms with Crippen LogP contribution in [0.3, 0.4) is 0 Å². The van der Waals surface area contributed by atoms with Crippen LogP contribution in [0.15, 0.2) is 18.2 Å². The number of thiazole rings is 1.